The topological polar surface area (TPSA) is 75.4 Å². The van der Waals surface area contributed by atoms with Gasteiger partial charge in [-0.3, -0.25) is 9.59 Å². The molecule has 1 atom stereocenters. The van der Waals surface area contributed by atoms with Gasteiger partial charge in [-0.05, 0) is 19.3 Å². The molecular weight excluding hydrogens is 254 g/mol. The smallest absolute Gasteiger partial charge is 0.236 e. The summed E-state index contributed by atoms with van der Waals surface area (Å²) in [5.74, 6) is -0.0415. The minimum Gasteiger partial charge on any atom is -0.356 e. The van der Waals surface area contributed by atoms with Crippen molar-refractivity contribution < 1.29 is 9.59 Å². The van der Waals surface area contributed by atoms with E-state index < -0.39 is 0 Å². The largest absolute Gasteiger partial charge is 0.356 e. The van der Waals surface area contributed by atoms with E-state index in [-0.39, 0.29) is 36.7 Å². The van der Waals surface area contributed by atoms with Crippen molar-refractivity contribution in [2.75, 3.05) is 26.2 Å². The first-order valence-electron chi connectivity index (χ1n) is 6.44. The Hall–Kier alpha value is -0.810. The Balaban J connectivity index is 0.00000289. The molecule has 1 rings (SSSR count). The zero-order valence-electron chi connectivity index (χ0n) is 11.0. The lowest BCUT2D eigenvalue weighted by molar-refractivity contribution is -0.134. The zero-order valence-corrected chi connectivity index (χ0v) is 11.8. The number of carbonyl (C=O) groups is 2. The fraction of sp³-hybridized carbons (Fsp3) is 0.833. The Morgan fingerprint density at radius 3 is 2.78 bits per heavy atom. The molecule has 0 saturated carbocycles. The highest BCUT2D eigenvalue weighted by molar-refractivity contribution is 5.85. The number of piperidine rings is 1. The number of rotatable bonds is 5. The van der Waals surface area contributed by atoms with E-state index in [4.69, 9.17) is 5.73 Å². The van der Waals surface area contributed by atoms with Gasteiger partial charge in [-0.15, -0.1) is 12.4 Å². The van der Waals surface area contributed by atoms with Gasteiger partial charge >= 0.3 is 0 Å². The first kappa shape index (κ1) is 17.2. The number of nitrogens with two attached hydrogens (primary N) is 1. The van der Waals surface area contributed by atoms with Gasteiger partial charge in [0.15, 0.2) is 0 Å². The van der Waals surface area contributed by atoms with Crippen molar-refractivity contribution in [3.8, 4) is 0 Å². The number of carbonyl (C=O) groups excluding carboxylic acids is 2. The van der Waals surface area contributed by atoms with Gasteiger partial charge in [0.25, 0.3) is 0 Å². The second-order valence-corrected chi connectivity index (χ2v) is 4.53. The van der Waals surface area contributed by atoms with E-state index in [1.54, 1.807) is 4.90 Å². The highest BCUT2D eigenvalue weighted by atomic mass is 35.5. The van der Waals surface area contributed by atoms with E-state index in [0.29, 0.717) is 6.54 Å². The summed E-state index contributed by atoms with van der Waals surface area (Å²) in [5, 5.41) is 2.92. The Kier molecular flexibility index (Phi) is 8.75. The summed E-state index contributed by atoms with van der Waals surface area (Å²) in [5.41, 5.74) is 5.33. The van der Waals surface area contributed by atoms with Crippen LogP contribution in [0.3, 0.4) is 0 Å². The van der Waals surface area contributed by atoms with Crippen molar-refractivity contribution >= 4 is 24.2 Å². The molecule has 18 heavy (non-hydrogen) atoms. The van der Waals surface area contributed by atoms with Crippen molar-refractivity contribution in [3.63, 3.8) is 0 Å². The Bertz CT molecular complexity index is 274. The van der Waals surface area contributed by atoms with Gasteiger partial charge < -0.3 is 16.0 Å². The summed E-state index contributed by atoms with van der Waals surface area (Å²) in [7, 11) is 0. The van der Waals surface area contributed by atoms with Crippen LogP contribution in [0, 0.1) is 5.92 Å². The number of nitrogens with one attached hydrogen (secondary N) is 1. The van der Waals surface area contributed by atoms with Gasteiger partial charge in [-0.2, -0.15) is 0 Å². The third-order valence-corrected chi connectivity index (χ3v) is 3.15. The van der Waals surface area contributed by atoms with Crippen LogP contribution in [0.15, 0.2) is 0 Å². The fourth-order valence-electron chi connectivity index (χ4n) is 2.08. The number of unbranched alkanes of at least 4 members (excludes halogenated alkanes) is 1. The minimum atomic E-state index is -0.0592. The maximum Gasteiger partial charge on any atom is 0.236 e. The Labute approximate surface area is 115 Å². The molecule has 0 radical (unpaired) electrons. The number of hydrogen-bond acceptors (Lipinski definition) is 3. The van der Waals surface area contributed by atoms with Crippen molar-refractivity contribution in [1.29, 1.82) is 0 Å². The van der Waals surface area contributed by atoms with Crippen molar-refractivity contribution in [2.24, 2.45) is 11.7 Å². The second kappa shape index (κ2) is 9.16. The summed E-state index contributed by atoms with van der Waals surface area (Å²) >= 11 is 0. The van der Waals surface area contributed by atoms with Gasteiger partial charge in [0.1, 0.15) is 0 Å². The van der Waals surface area contributed by atoms with Gasteiger partial charge in [0, 0.05) is 19.6 Å². The highest BCUT2D eigenvalue weighted by Crippen LogP contribution is 2.16. The maximum absolute atomic E-state index is 11.8. The number of nitrogens with zero attached hydrogens (tertiary/aromatic N) is 1. The Morgan fingerprint density at radius 1 is 1.44 bits per heavy atom. The standard InChI is InChI=1S/C12H23N3O2.ClH/c1-2-3-6-14-12(17)10-5-4-7-15(9-10)11(16)8-13;/h10H,2-9,13H2,1H3,(H,14,17);1H. The van der Waals surface area contributed by atoms with Gasteiger partial charge in [-0.25, -0.2) is 0 Å². The molecule has 1 saturated heterocycles. The molecule has 1 aliphatic rings. The van der Waals surface area contributed by atoms with E-state index in [1.807, 2.05) is 0 Å². The average molecular weight is 278 g/mol. The van der Waals surface area contributed by atoms with E-state index in [0.717, 1.165) is 38.8 Å². The molecule has 0 aliphatic carbocycles. The lowest BCUT2D eigenvalue weighted by Gasteiger charge is -2.31. The summed E-state index contributed by atoms with van der Waals surface area (Å²) in [4.78, 5) is 25.0. The summed E-state index contributed by atoms with van der Waals surface area (Å²) in [6.07, 6.45) is 3.83. The molecule has 1 unspecified atom stereocenters. The minimum absolute atomic E-state index is 0. The van der Waals surface area contributed by atoms with E-state index in [1.165, 1.54) is 0 Å². The normalized spacial score (nSPS) is 19.0. The van der Waals surface area contributed by atoms with Crippen LogP contribution in [0.2, 0.25) is 0 Å². The molecule has 3 N–H and O–H groups in total. The summed E-state index contributed by atoms with van der Waals surface area (Å²) in [6, 6.07) is 0. The molecule has 2 amide bonds. The monoisotopic (exact) mass is 277 g/mol. The third kappa shape index (κ3) is 5.23. The lowest BCUT2D eigenvalue weighted by Crippen LogP contribution is -2.47. The average Bonchev–Trinajstić information content (AvgIpc) is 2.38. The first-order valence-corrected chi connectivity index (χ1v) is 6.44. The van der Waals surface area contributed by atoms with Gasteiger partial charge in [-0.1, -0.05) is 13.3 Å². The molecule has 1 fully saturated rings. The van der Waals surface area contributed by atoms with Crippen LogP contribution in [-0.2, 0) is 9.59 Å². The SMILES string of the molecule is CCCCNC(=O)C1CCCN(C(=O)CN)C1.Cl. The predicted octanol–water partition coefficient (Wildman–Crippen LogP) is 0.522. The van der Waals surface area contributed by atoms with Crippen LogP contribution < -0.4 is 11.1 Å². The van der Waals surface area contributed by atoms with Crippen molar-refractivity contribution in [3.05, 3.63) is 0 Å². The number of amides is 2. The van der Waals surface area contributed by atoms with Crippen LogP contribution in [0.25, 0.3) is 0 Å². The molecule has 6 heteroatoms. The first-order chi connectivity index (χ1) is 8.19. The van der Waals surface area contributed by atoms with Crippen LogP contribution in [0.1, 0.15) is 32.6 Å². The summed E-state index contributed by atoms with van der Waals surface area (Å²) < 4.78 is 0. The molecule has 1 aliphatic heterocycles. The van der Waals surface area contributed by atoms with E-state index in [9.17, 15) is 9.59 Å². The molecule has 0 aromatic rings. The number of halogens is 1. The third-order valence-electron chi connectivity index (χ3n) is 3.15. The molecule has 106 valence electrons. The lowest BCUT2D eigenvalue weighted by atomic mass is 9.97. The predicted molar refractivity (Wildman–Crippen MR) is 73.5 cm³/mol. The number of hydrogen-bond donors (Lipinski definition) is 2. The van der Waals surface area contributed by atoms with E-state index in [2.05, 4.69) is 12.2 Å². The van der Waals surface area contributed by atoms with Crippen LogP contribution in [-0.4, -0.2) is 42.9 Å². The maximum atomic E-state index is 11.8. The van der Waals surface area contributed by atoms with Crippen LogP contribution >= 0.6 is 12.4 Å². The molecule has 1 heterocycles. The molecule has 0 bridgehead atoms. The van der Waals surface area contributed by atoms with Crippen LogP contribution in [0.4, 0.5) is 0 Å². The van der Waals surface area contributed by atoms with Crippen molar-refractivity contribution in [2.45, 2.75) is 32.6 Å². The molecular formula is C12H24ClN3O2. The van der Waals surface area contributed by atoms with Crippen molar-refractivity contribution in [1.82, 2.24) is 10.2 Å². The number of likely N-dealkylation sites (tertiary alicyclic amines) is 1. The highest BCUT2D eigenvalue weighted by Gasteiger charge is 2.27. The van der Waals surface area contributed by atoms with Gasteiger partial charge in [0.05, 0.1) is 12.5 Å². The second-order valence-electron chi connectivity index (χ2n) is 4.53. The molecule has 0 spiro atoms. The zero-order chi connectivity index (χ0) is 12.7. The molecule has 0 aromatic carbocycles. The van der Waals surface area contributed by atoms with Gasteiger partial charge in [0.2, 0.25) is 11.8 Å². The molecule has 0 aromatic heterocycles. The summed E-state index contributed by atoms with van der Waals surface area (Å²) in [6.45, 7) is 4.11. The van der Waals surface area contributed by atoms with Crippen LogP contribution in [0.5, 0.6) is 0 Å². The Morgan fingerprint density at radius 2 is 2.17 bits per heavy atom. The quantitative estimate of drug-likeness (QED) is 0.720. The fourth-order valence-corrected chi connectivity index (χ4v) is 2.08. The molecule has 5 nitrogen and oxygen atoms in total. The van der Waals surface area contributed by atoms with E-state index >= 15 is 0 Å².